The second kappa shape index (κ2) is 8.60. The average molecular weight is 487 g/mol. The van der Waals surface area contributed by atoms with Gasteiger partial charge in [0.05, 0.1) is 35.2 Å². The van der Waals surface area contributed by atoms with Crippen LogP contribution >= 0.6 is 15.9 Å². The number of amides is 1. The first-order valence-electron chi connectivity index (χ1n) is 10.6. The van der Waals surface area contributed by atoms with Gasteiger partial charge in [0.25, 0.3) is 0 Å². The van der Waals surface area contributed by atoms with Crippen LogP contribution < -0.4 is 5.32 Å². The van der Waals surface area contributed by atoms with Crippen molar-refractivity contribution in [1.82, 2.24) is 24.8 Å². The third-order valence-corrected chi connectivity index (χ3v) is 6.60. The summed E-state index contributed by atoms with van der Waals surface area (Å²) in [7, 11) is 0. The van der Waals surface area contributed by atoms with E-state index in [9.17, 15) is 9.90 Å². The van der Waals surface area contributed by atoms with E-state index in [4.69, 9.17) is 10.2 Å². The summed E-state index contributed by atoms with van der Waals surface area (Å²) in [5.41, 5.74) is 1.54. The number of nitrogens with one attached hydrogen (secondary N) is 2. The molecule has 8 nitrogen and oxygen atoms in total. The van der Waals surface area contributed by atoms with E-state index in [0.717, 1.165) is 52.2 Å². The van der Waals surface area contributed by atoms with Crippen LogP contribution in [0.4, 0.5) is 0 Å². The maximum Gasteiger partial charge on any atom is 0.227 e. The molecule has 0 atom stereocenters. The third-order valence-electron chi connectivity index (χ3n) is 5.97. The van der Waals surface area contributed by atoms with Gasteiger partial charge < -0.3 is 20.0 Å². The second-order valence-electron chi connectivity index (χ2n) is 9.05. The van der Waals surface area contributed by atoms with Crippen molar-refractivity contribution in [2.24, 2.45) is 5.92 Å². The number of fused-ring (bicyclic) bond motifs is 3. The Morgan fingerprint density at radius 3 is 2.84 bits per heavy atom. The number of halogens is 1. The van der Waals surface area contributed by atoms with E-state index in [1.54, 1.807) is 20.0 Å². The molecule has 3 heterocycles. The van der Waals surface area contributed by atoms with Gasteiger partial charge in [0.15, 0.2) is 0 Å². The Morgan fingerprint density at radius 2 is 2.16 bits per heavy atom. The highest BCUT2D eigenvalue weighted by Crippen LogP contribution is 2.39. The fraction of sp³-hybridized carbons (Fsp3) is 0.545. The van der Waals surface area contributed by atoms with Gasteiger partial charge in [-0.05, 0) is 61.4 Å². The standard InChI is InChI=1S/C22H27BrN6O2/c1-22(2,31)12-27-18(30)9-17-28-16-11-26-21-19(15(23)10-25-21)20(16)29(17)14-5-3-13(4-6-14)7-8-24/h10-11,13-14,31H,3-7,9,12H2,1-2H3,(H,25,26)(H,27,30)/t13-,14-. The molecule has 0 unspecified atom stereocenters. The number of imidazole rings is 1. The lowest BCUT2D eigenvalue weighted by Crippen LogP contribution is -2.39. The number of aromatic nitrogens is 4. The summed E-state index contributed by atoms with van der Waals surface area (Å²) in [4.78, 5) is 25.1. The van der Waals surface area contributed by atoms with Gasteiger partial charge in [-0.2, -0.15) is 5.26 Å². The number of hydrogen-bond donors (Lipinski definition) is 3. The molecular weight excluding hydrogens is 460 g/mol. The molecule has 1 aliphatic rings. The van der Waals surface area contributed by atoms with Crippen LogP contribution in [-0.2, 0) is 11.2 Å². The van der Waals surface area contributed by atoms with Gasteiger partial charge >= 0.3 is 0 Å². The highest BCUT2D eigenvalue weighted by molar-refractivity contribution is 9.10. The van der Waals surface area contributed by atoms with Gasteiger partial charge in [-0.25, -0.2) is 9.97 Å². The van der Waals surface area contributed by atoms with Crippen molar-refractivity contribution in [2.45, 2.75) is 64.0 Å². The zero-order chi connectivity index (χ0) is 22.2. The SMILES string of the molecule is CC(C)(O)CNC(=O)Cc1nc2cnc3[nH]cc(Br)c3c2n1[C@H]1CC[C@H](CC#N)CC1. The van der Waals surface area contributed by atoms with Gasteiger partial charge in [-0.1, -0.05) is 0 Å². The van der Waals surface area contributed by atoms with Crippen LogP contribution in [0.1, 0.15) is 57.8 Å². The van der Waals surface area contributed by atoms with Crippen LogP contribution in [0.5, 0.6) is 0 Å². The lowest BCUT2D eigenvalue weighted by atomic mass is 9.84. The van der Waals surface area contributed by atoms with Crippen LogP contribution in [0.25, 0.3) is 22.1 Å². The number of carbonyl (C=O) groups excluding carboxylic acids is 1. The zero-order valence-corrected chi connectivity index (χ0v) is 19.4. The van der Waals surface area contributed by atoms with Crippen molar-refractivity contribution in [3.05, 3.63) is 22.7 Å². The Bertz CT molecular complexity index is 1140. The van der Waals surface area contributed by atoms with Crippen molar-refractivity contribution in [3.8, 4) is 6.07 Å². The van der Waals surface area contributed by atoms with E-state index < -0.39 is 5.60 Å². The lowest BCUT2D eigenvalue weighted by Gasteiger charge is -2.30. The molecule has 0 aromatic carbocycles. The van der Waals surface area contributed by atoms with Gasteiger partial charge in [-0.15, -0.1) is 0 Å². The Morgan fingerprint density at radius 1 is 1.42 bits per heavy atom. The Kier molecular flexibility index (Phi) is 6.04. The van der Waals surface area contributed by atoms with Crippen LogP contribution in [0.3, 0.4) is 0 Å². The summed E-state index contributed by atoms with van der Waals surface area (Å²) >= 11 is 3.63. The van der Waals surface area contributed by atoms with Crippen molar-refractivity contribution in [2.75, 3.05) is 6.54 Å². The predicted molar refractivity (Wildman–Crippen MR) is 121 cm³/mol. The van der Waals surface area contributed by atoms with Crippen molar-refractivity contribution >= 4 is 43.9 Å². The largest absolute Gasteiger partial charge is 0.389 e. The first-order valence-corrected chi connectivity index (χ1v) is 11.4. The van der Waals surface area contributed by atoms with Gasteiger partial charge in [0, 0.05) is 29.7 Å². The maximum atomic E-state index is 12.6. The summed E-state index contributed by atoms with van der Waals surface area (Å²) < 4.78 is 3.13. The van der Waals surface area contributed by atoms with E-state index >= 15 is 0 Å². The van der Waals surface area contributed by atoms with E-state index in [-0.39, 0.29) is 24.9 Å². The highest BCUT2D eigenvalue weighted by Gasteiger charge is 2.28. The molecule has 31 heavy (non-hydrogen) atoms. The molecule has 164 valence electrons. The number of hydrogen-bond acceptors (Lipinski definition) is 5. The Hall–Kier alpha value is -2.44. The topological polar surface area (TPSA) is 120 Å². The number of aromatic amines is 1. The van der Waals surface area contributed by atoms with Gasteiger partial charge in [-0.3, -0.25) is 4.79 Å². The molecular formula is C22H27BrN6O2. The summed E-state index contributed by atoms with van der Waals surface area (Å²) in [6.45, 7) is 3.50. The van der Waals surface area contributed by atoms with Crippen molar-refractivity contribution < 1.29 is 9.90 Å². The average Bonchev–Trinajstić information content (AvgIpc) is 3.27. The number of aliphatic hydroxyl groups is 1. The molecule has 1 aliphatic carbocycles. The fourth-order valence-corrected chi connectivity index (χ4v) is 4.94. The van der Waals surface area contributed by atoms with Gasteiger partial charge in [0.1, 0.15) is 17.0 Å². The number of pyridine rings is 1. The number of nitrogens with zero attached hydrogens (tertiary/aromatic N) is 4. The molecule has 1 amide bonds. The van der Waals surface area contributed by atoms with E-state index in [2.05, 4.69) is 41.9 Å². The van der Waals surface area contributed by atoms with E-state index in [1.165, 1.54) is 0 Å². The second-order valence-corrected chi connectivity index (χ2v) is 9.91. The molecule has 3 aromatic rings. The van der Waals surface area contributed by atoms with Crippen LogP contribution in [0.2, 0.25) is 0 Å². The summed E-state index contributed by atoms with van der Waals surface area (Å²) in [6.07, 6.45) is 8.22. The quantitative estimate of drug-likeness (QED) is 0.489. The Labute approximate surface area is 189 Å². The highest BCUT2D eigenvalue weighted by atomic mass is 79.9. The molecule has 9 heteroatoms. The van der Waals surface area contributed by atoms with Gasteiger partial charge in [0.2, 0.25) is 5.91 Å². The summed E-state index contributed by atoms with van der Waals surface area (Å²) in [5, 5.41) is 22.7. The first kappa shape index (κ1) is 21.8. The molecule has 4 rings (SSSR count). The molecule has 3 N–H and O–H groups in total. The van der Waals surface area contributed by atoms with E-state index in [0.29, 0.717) is 18.2 Å². The smallest absolute Gasteiger partial charge is 0.227 e. The molecule has 1 saturated carbocycles. The van der Waals surface area contributed by atoms with Crippen molar-refractivity contribution in [3.63, 3.8) is 0 Å². The molecule has 0 radical (unpaired) electrons. The number of nitriles is 1. The predicted octanol–water partition coefficient (Wildman–Crippen LogP) is 3.75. The van der Waals surface area contributed by atoms with Crippen LogP contribution in [-0.4, -0.2) is 42.7 Å². The lowest BCUT2D eigenvalue weighted by molar-refractivity contribution is -0.121. The zero-order valence-electron chi connectivity index (χ0n) is 17.8. The minimum absolute atomic E-state index is 0.131. The first-order chi connectivity index (χ1) is 14.8. The van der Waals surface area contributed by atoms with Crippen LogP contribution in [0.15, 0.2) is 16.9 Å². The minimum atomic E-state index is -0.971. The molecule has 0 bridgehead atoms. The fourth-order valence-electron chi connectivity index (χ4n) is 4.45. The molecule has 0 saturated heterocycles. The number of carbonyl (C=O) groups is 1. The minimum Gasteiger partial charge on any atom is -0.389 e. The molecule has 1 fully saturated rings. The van der Waals surface area contributed by atoms with Crippen LogP contribution in [0, 0.1) is 17.2 Å². The summed E-state index contributed by atoms with van der Waals surface area (Å²) in [5.74, 6) is 0.971. The van der Waals surface area contributed by atoms with E-state index in [1.807, 2.05) is 6.20 Å². The Balaban J connectivity index is 1.72. The normalized spacial score (nSPS) is 19.6. The number of rotatable bonds is 6. The molecule has 0 spiro atoms. The maximum absolute atomic E-state index is 12.6. The van der Waals surface area contributed by atoms with Crippen molar-refractivity contribution in [1.29, 1.82) is 5.26 Å². The third kappa shape index (κ3) is 4.60. The summed E-state index contributed by atoms with van der Waals surface area (Å²) in [6, 6.07) is 2.51. The number of H-pyrrole nitrogens is 1. The molecule has 0 aliphatic heterocycles. The molecule has 3 aromatic heterocycles. The monoisotopic (exact) mass is 486 g/mol.